The van der Waals surface area contributed by atoms with Crippen LogP contribution in [0.4, 0.5) is 0 Å². The molecule has 1 aromatic rings. The highest BCUT2D eigenvalue weighted by atomic mass is 16.5. The van der Waals surface area contributed by atoms with Crippen molar-refractivity contribution in [2.45, 2.75) is 31.8 Å². The van der Waals surface area contributed by atoms with E-state index in [2.05, 4.69) is 11.8 Å². The second-order valence-corrected chi connectivity index (χ2v) is 4.43. The number of rotatable bonds is 1. The summed E-state index contributed by atoms with van der Waals surface area (Å²) in [5.74, 6) is 7.23. The molecule has 90 valence electrons. The first-order valence-electron chi connectivity index (χ1n) is 6.14. The van der Waals surface area contributed by atoms with Crippen LogP contribution in [0, 0.1) is 17.8 Å². The van der Waals surface area contributed by atoms with E-state index in [1.54, 1.807) is 7.11 Å². The van der Waals surface area contributed by atoms with E-state index in [1.165, 1.54) is 6.42 Å². The largest absolute Gasteiger partial charge is 0.495 e. The molecule has 2 nitrogen and oxygen atoms in total. The zero-order valence-electron chi connectivity index (χ0n) is 10.1. The highest BCUT2D eigenvalue weighted by Crippen LogP contribution is 2.24. The molecule has 0 aromatic heterocycles. The first kappa shape index (κ1) is 12.0. The molecule has 1 aliphatic carbocycles. The van der Waals surface area contributed by atoms with Gasteiger partial charge in [0, 0.05) is 5.92 Å². The third kappa shape index (κ3) is 3.01. The van der Waals surface area contributed by atoms with Crippen LogP contribution >= 0.6 is 0 Å². The van der Waals surface area contributed by atoms with Gasteiger partial charge in [0.1, 0.15) is 5.75 Å². The summed E-state index contributed by atoms with van der Waals surface area (Å²) in [5, 5.41) is 9.84. The van der Waals surface area contributed by atoms with E-state index >= 15 is 0 Å². The molecule has 2 rings (SSSR count). The molecule has 1 aromatic carbocycles. The molecule has 2 heteroatoms. The summed E-state index contributed by atoms with van der Waals surface area (Å²) in [6.07, 6.45) is 3.91. The van der Waals surface area contributed by atoms with Crippen molar-refractivity contribution in [2.24, 2.45) is 5.92 Å². The van der Waals surface area contributed by atoms with Crippen LogP contribution in [0.3, 0.4) is 0 Å². The van der Waals surface area contributed by atoms with E-state index in [0.29, 0.717) is 0 Å². The van der Waals surface area contributed by atoms with Gasteiger partial charge in [0.2, 0.25) is 0 Å². The van der Waals surface area contributed by atoms with E-state index in [0.717, 1.165) is 30.6 Å². The molecule has 0 aliphatic heterocycles. The van der Waals surface area contributed by atoms with Crippen LogP contribution in [-0.2, 0) is 0 Å². The zero-order chi connectivity index (χ0) is 12.1. The summed E-state index contributed by atoms with van der Waals surface area (Å²) >= 11 is 0. The van der Waals surface area contributed by atoms with Gasteiger partial charge in [-0.15, -0.1) is 0 Å². The Morgan fingerprint density at radius 2 is 2.00 bits per heavy atom. The predicted octanol–water partition coefficient (Wildman–Crippen LogP) is 2.60. The molecule has 0 radical (unpaired) electrons. The third-order valence-electron chi connectivity index (χ3n) is 3.23. The molecule has 0 heterocycles. The lowest BCUT2D eigenvalue weighted by Crippen LogP contribution is -2.22. The van der Waals surface area contributed by atoms with Crippen molar-refractivity contribution < 1.29 is 9.84 Å². The molecule has 1 aliphatic rings. The molecule has 17 heavy (non-hydrogen) atoms. The minimum atomic E-state index is -0.258. The summed E-state index contributed by atoms with van der Waals surface area (Å²) in [4.78, 5) is 0. The van der Waals surface area contributed by atoms with E-state index in [1.807, 2.05) is 24.3 Å². The average molecular weight is 230 g/mol. The van der Waals surface area contributed by atoms with E-state index in [-0.39, 0.29) is 12.0 Å². The SMILES string of the molecule is COc1ccccc1C#CC1CCCCC1O. The maximum Gasteiger partial charge on any atom is 0.134 e. The van der Waals surface area contributed by atoms with Crippen LogP contribution in [-0.4, -0.2) is 18.3 Å². The van der Waals surface area contributed by atoms with Crippen LogP contribution in [0.1, 0.15) is 31.2 Å². The maximum atomic E-state index is 9.84. The number of benzene rings is 1. The second kappa shape index (κ2) is 5.75. The van der Waals surface area contributed by atoms with Crippen LogP contribution < -0.4 is 4.74 Å². The Morgan fingerprint density at radius 1 is 1.24 bits per heavy atom. The van der Waals surface area contributed by atoms with Gasteiger partial charge in [-0.1, -0.05) is 36.8 Å². The van der Waals surface area contributed by atoms with Gasteiger partial charge in [-0.3, -0.25) is 0 Å². The van der Waals surface area contributed by atoms with E-state index in [4.69, 9.17) is 4.74 Å². The van der Waals surface area contributed by atoms with Gasteiger partial charge in [-0.05, 0) is 25.0 Å². The quantitative estimate of drug-likeness (QED) is 0.751. The fourth-order valence-corrected chi connectivity index (χ4v) is 2.20. The molecular formula is C15H18O2. The minimum absolute atomic E-state index is 0.119. The second-order valence-electron chi connectivity index (χ2n) is 4.43. The molecule has 0 amide bonds. The van der Waals surface area contributed by atoms with Gasteiger partial charge in [-0.2, -0.15) is 0 Å². The summed E-state index contributed by atoms with van der Waals surface area (Å²) in [7, 11) is 1.65. The number of methoxy groups -OCH3 is 1. The van der Waals surface area contributed by atoms with Crippen molar-refractivity contribution in [3.63, 3.8) is 0 Å². The van der Waals surface area contributed by atoms with E-state index in [9.17, 15) is 5.11 Å². The first-order chi connectivity index (χ1) is 8.31. The predicted molar refractivity (Wildman–Crippen MR) is 67.8 cm³/mol. The molecular weight excluding hydrogens is 212 g/mol. The Bertz CT molecular complexity index is 428. The van der Waals surface area contributed by atoms with Crippen molar-refractivity contribution in [1.82, 2.24) is 0 Å². The summed E-state index contributed by atoms with van der Waals surface area (Å²) in [6.45, 7) is 0. The van der Waals surface area contributed by atoms with Crippen LogP contribution in [0.2, 0.25) is 0 Å². The van der Waals surface area contributed by atoms with Gasteiger partial charge in [-0.25, -0.2) is 0 Å². The van der Waals surface area contributed by atoms with Crippen molar-refractivity contribution in [2.75, 3.05) is 7.11 Å². The number of ether oxygens (including phenoxy) is 1. The smallest absolute Gasteiger partial charge is 0.134 e. The molecule has 0 saturated heterocycles. The lowest BCUT2D eigenvalue weighted by Gasteiger charge is -2.22. The molecule has 1 fully saturated rings. The fourth-order valence-electron chi connectivity index (χ4n) is 2.20. The minimum Gasteiger partial charge on any atom is -0.495 e. The van der Waals surface area contributed by atoms with E-state index < -0.39 is 0 Å². The Hall–Kier alpha value is -1.46. The Morgan fingerprint density at radius 3 is 2.76 bits per heavy atom. The third-order valence-corrected chi connectivity index (χ3v) is 3.23. The van der Waals surface area contributed by atoms with Gasteiger partial charge in [0.15, 0.2) is 0 Å². The molecule has 2 atom stereocenters. The molecule has 2 unspecified atom stereocenters. The molecule has 1 saturated carbocycles. The lowest BCUT2D eigenvalue weighted by molar-refractivity contribution is 0.0970. The Kier molecular flexibility index (Phi) is 4.06. The van der Waals surface area contributed by atoms with Gasteiger partial charge < -0.3 is 9.84 Å². The highest BCUT2D eigenvalue weighted by Gasteiger charge is 2.20. The number of para-hydroxylation sites is 1. The van der Waals surface area contributed by atoms with Crippen molar-refractivity contribution in [3.05, 3.63) is 29.8 Å². The normalized spacial score (nSPS) is 23.6. The van der Waals surface area contributed by atoms with Crippen molar-refractivity contribution in [3.8, 4) is 17.6 Å². The van der Waals surface area contributed by atoms with Crippen LogP contribution in [0.5, 0.6) is 5.75 Å². The fraction of sp³-hybridized carbons (Fsp3) is 0.467. The standard InChI is InChI=1S/C15H18O2/c1-17-15-9-5-3-7-13(15)11-10-12-6-2-4-8-14(12)16/h3,5,7,9,12,14,16H,2,4,6,8H2,1H3. The Balaban J connectivity index is 2.14. The van der Waals surface area contributed by atoms with Crippen LogP contribution in [0.15, 0.2) is 24.3 Å². The number of hydrogen-bond donors (Lipinski definition) is 1. The topological polar surface area (TPSA) is 29.5 Å². The van der Waals surface area contributed by atoms with Crippen LogP contribution in [0.25, 0.3) is 0 Å². The molecule has 0 spiro atoms. The number of hydrogen-bond acceptors (Lipinski definition) is 2. The Labute approximate surface area is 103 Å². The number of aliphatic hydroxyl groups excluding tert-OH is 1. The summed E-state index contributed by atoms with van der Waals surface area (Å²) < 4.78 is 5.25. The average Bonchev–Trinajstić information content (AvgIpc) is 2.38. The van der Waals surface area contributed by atoms with Crippen molar-refractivity contribution in [1.29, 1.82) is 0 Å². The monoisotopic (exact) mass is 230 g/mol. The number of aliphatic hydroxyl groups is 1. The maximum absolute atomic E-state index is 9.84. The van der Waals surface area contributed by atoms with Crippen molar-refractivity contribution >= 4 is 0 Å². The summed E-state index contributed by atoms with van der Waals surface area (Å²) in [6, 6.07) is 7.73. The molecule has 1 N–H and O–H groups in total. The zero-order valence-corrected chi connectivity index (χ0v) is 10.1. The summed E-state index contributed by atoms with van der Waals surface area (Å²) in [5.41, 5.74) is 0.896. The molecule has 0 bridgehead atoms. The van der Waals surface area contributed by atoms with Gasteiger partial charge >= 0.3 is 0 Å². The van der Waals surface area contributed by atoms with Gasteiger partial charge in [0.05, 0.1) is 18.8 Å². The van der Waals surface area contributed by atoms with Gasteiger partial charge in [0.25, 0.3) is 0 Å². The first-order valence-corrected chi connectivity index (χ1v) is 6.14. The lowest BCUT2D eigenvalue weighted by atomic mass is 9.87. The highest BCUT2D eigenvalue weighted by molar-refractivity contribution is 5.46.